The molecule has 0 saturated heterocycles. The second-order valence-electron chi connectivity index (χ2n) is 10.8. The maximum atomic E-state index is 14.3. The topological polar surface area (TPSA) is 105 Å². The summed E-state index contributed by atoms with van der Waals surface area (Å²) in [5, 5.41) is 3.13. The molecule has 0 unspecified atom stereocenters. The summed E-state index contributed by atoms with van der Waals surface area (Å²) < 4.78 is 39.8. The third-order valence-electron chi connectivity index (χ3n) is 7.82. The lowest BCUT2D eigenvalue weighted by molar-refractivity contribution is -0.140. The number of nitrogens with zero attached hydrogens (tertiary/aromatic N) is 2. The van der Waals surface area contributed by atoms with E-state index in [-0.39, 0.29) is 23.4 Å². The van der Waals surface area contributed by atoms with E-state index in [1.165, 1.54) is 24.1 Å². The van der Waals surface area contributed by atoms with Gasteiger partial charge in [0.05, 0.1) is 24.8 Å². The average Bonchev–Trinajstić information content (AvgIpc) is 3.53. The molecule has 0 bridgehead atoms. The van der Waals surface area contributed by atoms with E-state index in [0.717, 1.165) is 41.1 Å². The number of aryl methyl sites for hydroxylation is 1. The van der Waals surface area contributed by atoms with Gasteiger partial charge >= 0.3 is 0 Å². The van der Waals surface area contributed by atoms with Crippen LogP contribution >= 0.6 is 0 Å². The van der Waals surface area contributed by atoms with Crippen LogP contribution in [0, 0.1) is 6.92 Å². The first-order valence-electron chi connectivity index (χ1n) is 14.6. The highest BCUT2D eigenvalue weighted by molar-refractivity contribution is 7.92. The normalized spacial score (nSPS) is 14.1. The van der Waals surface area contributed by atoms with E-state index >= 15 is 0 Å². The molecule has 9 nitrogen and oxygen atoms in total. The summed E-state index contributed by atoms with van der Waals surface area (Å²) in [6.45, 7) is 3.33. The number of hydrogen-bond donors (Lipinski definition) is 1. The third kappa shape index (κ3) is 7.87. The van der Waals surface area contributed by atoms with E-state index in [9.17, 15) is 18.0 Å². The van der Waals surface area contributed by atoms with Crippen LogP contribution in [0.5, 0.6) is 11.5 Å². The number of carbonyl (C=O) groups excluding carboxylic acids is 2. The molecule has 0 radical (unpaired) electrons. The number of nitrogens with one attached hydrogen (secondary N) is 1. The van der Waals surface area contributed by atoms with Crippen LogP contribution in [0.15, 0.2) is 77.7 Å². The zero-order chi connectivity index (χ0) is 31.0. The molecular weight excluding hydrogens is 566 g/mol. The predicted molar refractivity (Wildman–Crippen MR) is 167 cm³/mol. The Bertz CT molecular complexity index is 1490. The van der Waals surface area contributed by atoms with Crippen molar-refractivity contribution in [2.75, 3.05) is 25.1 Å². The molecule has 2 amide bonds. The first kappa shape index (κ1) is 31.9. The van der Waals surface area contributed by atoms with Gasteiger partial charge in [0.2, 0.25) is 11.8 Å². The fourth-order valence-corrected chi connectivity index (χ4v) is 6.78. The number of methoxy groups -OCH3 is 2. The van der Waals surface area contributed by atoms with Gasteiger partial charge in [-0.05, 0) is 80.3 Å². The molecule has 1 saturated carbocycles. The van der Waals surface area contributed by atoms with Gasteiger partial charge in [0.25, 0.3) is 10.0 Å². The molecule has 4 rings (SSSR count). The summed E-state index contributed by atoms with van der Waals surface area (Å²) in [5.41, 5.74) is 1.98. The molecular formula is C33H41N3O6S. The fourth-order valence-electron chi connectivity index (χ4n) is 5.37. The van der Waals surface area contributed by atoms with Gasteiger partial charge in [-0.3, -0.25) is 13.9 Å². The standard InChI is InChI=1S/C33H41N3O6S/c1-5-31(33(38)34-26-10-6-7-11-26)35(22-25-9-8-12-29(21-25)42-4)32(37)23-36(27-15-17-28(41-3)18-16-27)43(39,40)30-19-13-24(2)14-20-30/h8-9,12-21,26,31H,5-7,10-11,22-23H2,1-4H3,(H,34,38)/t31-/m1/s1. The van der Waals surface area contributed by atoms with Crippen molar-refractivity contribution in [2.24, 2.45) is 0 Å². The number of anilines is 1. The van der Waals surface area contributed by atoms with Crippen molar-refractivity contribution in [3.05, 3.63) is 83.9 Å². The van der Waals surface area contributed by atoms with E-state index in [0.29, 0.717) is 23.6 Å². The second-order valence-corrected chi connectivity index (χ2v) is 12.7. The van der Waals surface area contributed by atoms with Crippen molar-refractivity contribution in [2.45, 2.75) is 69.5 Å². The first-order valence-corrected chi connectivity index (χ1v) is 16.1. The predicted octanol–water partition coefficient (Wildman–Crippen LogP) is 5.07. The molecule has 1 aliphatic carbocycles. The van der Waals surface area contributed by atoms with Crippen LogP contribution in [0.2, 0.25) is 0 Å². The number of benzene rings is 3. The number of amides is 2. The highest BCUT2D eigenvalue weighted by Crippen LogP contribution is 2.27. The Morgan fingerprint density at radius 2 is 1.58 bits per heavy atom. The molecule has 0 heterocycles. The highest BCUT2D eigenvalue weighted by atomic mass is 32.2. The summed E-state index contributed by atoms with van der Waals surface area (Å²) in [6, 6.07) is 19.6. The quantitative estimate of drug-likeness (QED) is 0.291. The highest BCUT2D eigenvalue weighted by Gasteiger charge is 2.34. The Morgan fingerprint density at radius 3 is 2.19 bits per heavy atom. The minimum atomic E-state index is -4.15. The van der Waals surface area contributed by atoms with Gasteiger partial charge < -0.3 is 19.7 Å². The Hall–Kier alpha value is -4.05. The van der Waals surface area contributed by atoms with E-state index < -0.39 is 28.5 Å². The molecule has 1 N–H and O–H groups in total. The van der Waals surface area contributed by atoms with Gasteiger partial charge in [0.1, 0.15) is 24.1 Å². The van der Waals surface area contributed by atoms with Crippen molar-refractivity contribution < 1.29 is 27.5 Å². The van der Waals surface area contributed by atoms with Crippen molar-refractivity contribution in [3.8, 4) is 11.5 Å². The Morgan fingerprint density at radius 1 is 0.930 bits per heavy atom. The van der Waals surface area contributed by atoms with Gasteiger partial charge in [-0.2, -0.15) is 0 Å². The van der Waals surface area contributed by atoms with Gasteiger partial charge in [0.15, 0.2) is 0 Å². The lowest BCUT2D eigenvalue weighted by Crippen LogP contribution is -2.53. The number of rotatable bonds is 13. The molecule has 10 heteroatoms. The summed E-state index contributed by atoms with van der Waals surface area (Å²) >= 11 is 0. The number of sulfonamides is 1. The van der Waals surface area contributed by atoms with Crippen LogP contribution in [0.4, 0.5) is 5.69 Å². The summed E-state index contributed by atoms with van der Waals surface area (Å²) in [6.07, 6.45) is 4.30. The van der Waals surface area contributed by atoms with E-state index in [1.807, 2.05) is 32.0 Å². The lowest BCUT2D eigenvalue weighted by atomic mass is 10.1. The average molecular weight is 608 g/mol. The fraction of sp³-hybridized carbons (Fsp3) is 0.394. The number of hydrogen-bond acceptors (Lipinski definition) is 6. The van der Waals surface area contributed by atoms with Crippen molar-refractivity contribution in [3.63, 3.8) is 0 Å². The largest absolute Gasteiger partial charge is 0.497 e. The van der Waals surface area contributed by atoms with Crippen LogP contribution in [0.3, 0.4) is 0 Å². The first-order chi connectivity index (χ1) is 20.7. The molecule has 0 aliphatic heterocycles. The molecule has 230 valence electrons. The Balaban J connectivity index is 1.72. The molecule has 43 heavy (non-hydrogen) atoms. The SMILES string of the molecule is CC[C@H](C(=O)NC1CCCC1)N(Cc1cccc(OC)c1)C(=O)CN(c1ccc(OC)cc1)S(=O)(=O)c1ccc(C)cc1. The Kier molecular flexibility index (Phi) is 10.7. The summed E-state index contributed by atoms with van der Waals surface area (Å²) in [4.78, 5) is 29.4. The third-order valence-corrected chi connectivity index (χ3v) is 9.61. The van der Waals surface area contributed by atoms with Crippen LogP contribution < -0.4 is 19.1 Å². The van der Waals surface area contributed by atoms with E-state index in [4.69, 9.17) is 9.47 Å². The Labute approximate surface area is 254 Å². The number of ether oxygens (including phenoxy) is 2. The van der Waals surface area contributed by atoms with Gasteiger partial charge in [0, 0.05) is 12.6 Å². The summed E-state index contributed by atoms with van der Waals surface area (Å²) in [5.74, 6) is 0.443. The van der Waals surface area contributed by atoms with Gasteiger partial charge in [-0.15, -0.1) is 0 Å². The molecule has 1 aliphatic rings. The number of carbonyl (C=O) groups is 2. The molecule has 1 atom stereocenters. The van der Waals surface area contributed by atoms with Crippen LogP contribution in [0.25, 0.3) is 0 Å². The van der Waals surface area contributed by atoms with Crippen molar-refractivity contribution >= 4 is 27.5 Å². The smallest absolute Gasteiger partial charge is 0.264 e. The minimum absolute atomic E-state index is 0.0621. The molecule has 0 spiro atoms. The molecule has 1 fully saturated rings. The molecule has 3 aromatic carbocycles. The monoisotopic (exact) mass is 607 g/mol. The van der Waals surface area contributed by atoms with Crippen molar-refractivity contribution in [1.82, 2.24) is 10.2 Å². The van der Waals surface area contributed by atoms with E-state index in [1.54, 1.807) is 49.6 Å². The zero-order valence-electron chi connectivity index (χ0n) is 25.3. The van der Waals surface area contributed by atoms with E-state index in [2.05, 4.69) is 5.32 Å². The minimum Gasteiger partial charge on any atom is -0.497 e. The van der Waals surface area contributed by atoms with Crippen LogP contribution in [0.1, 0.15) is 50.2 Å². The summed E-state index contributed by atoms with van der Waals surface area (Å²) in [7, 11) is -1.06. The van der Waals surface area contributed by atoms with Crippen LogP contribution in [-0.2, 0) is 26.2 Å². The van der Waals surface area contributed by atoms with Gasteiger partial charge in [-0.25, -0.2) is 8.42 Å². The second kappa shape index (κ2) is 14.4. The molecule has 3 aromatic rings. The van der Waals surface area contributed by atoms with Gasteiger partial charge in [-0.1, -0.05) is 49.6 Å². The maximum absolute atomic E-state index is 14.3. The zero-order valence-corrected chi connectivity index (χ0v) is 26.1. The van der Waals surface area contributed by atoms with Crippen molar-refractivity contribution in [1.29, 1.82) is 0 Å². The maximum Gasteiger partial charge on any atom is 0.264 e. The van der Waals surface area contributed by atoms with Crippen LogP contribution in [-0.4, -0.2) is 58.0 Å². The lowest BCUT2D eigenvalue weighted by Gasteiger charge is -2.34. The molecule has 0 aromatic heterocycles.